The predicted molar refractivity (Wildman–Crippen MR) is 40.3 cm³/mol. The van der Waals surface area contributed by atoms with Crippen molar-refractivity contribution in [3.63, 3.8) is 0 Å². The largest absolute Gasteiger partial charge is 0.481 e. The molecule has 0 aromatic heterocycles. The van der Waals surface area contributed by atoms with E-state index in [4.69, 9.17) is 5.11 Å². The highest BCUT2D eigenvalue weighted by atomic mass is 16.4. The molecule has 0 aromatic carbocycles. The van der Waals surface area contributed by atoms with Gasteiger partial charge in [-0.3, -0.25) is 4.79 Å². The zero-order valence-corrected chi connectivity index (χ0v) is 6.68. The number of carboxylic acids is 1. The Morgan fingerprint density at radius 3 is 2.42 bits per heavy atom. The monoisotopic (exact) mass is 168 g/mol. The maximum Gasteiger partial charge on any atom is 0.306 e. The van der Waals surface area contributed by atoms with Crippen molar-refractivity contribution in [3.05, 3.63) is 0 Å². The maximum atomic E-state index is 10.8. The van der Waals surface area contributed by atoms with Gasteiger partial charge in [-0.1, -0.05) is 0 Å². The molecule has 0 saturated heterocycles. The van der Waals surface area contributed by atoms with Gasteiger partial charge in [0.05, 0.1) is 12.0 Å². The second-order valence-corrected chi connectivity index (χ2v) is 4.48. The first-order valence-electron chi connectivity index (χ1n) is 4.61. The molecule has 2 N–H and O–H groups in total. The van der Waals surface area contributed by atoms with Crippen molar-refractivity contribution in [2.75, 3.05) is 0 Å². The fourth-order valence-corrected chi connectivity index (χ4v) is 3.53. The third-order valence-electron chi connectivity index (χ3n) is 4.08. The molecule has 3 nitrogen and oxygen atoms in total. The molecule has 3 saturated carbocycles. The molecule has 0 aromatic rings. The van der Waals surface area contributed by atoms with Crippen molar-refractivity contribution in [3.8, 4) is 0 Å². The molecule has 12 heavy (non-hydrogen) atoms. The Morgan fingerprint density at radius 1 is 1.17 bits per heavy atom. The smallest absolute Gasteiger partial charge is 0.306 e. The van der Waals surface area contributed by atoms with Gasteiger partial charge in [-0.25, -0.2) is 0 Å². The minimum absolute atomic E-state index is 0.0949. The average molecular weight is 168 g/mol. The molecule has 3 rings (SSSR count). The van der Waals surface area contributed by atoms with Gasteiger partial charge >= 0.3 is 5.97 Å². The predicted octanol–water partition coefficient (Wildman–Crippen LogP) is 0.334. The van der Waals surface area contributed by atoms with Crippen molar-refractivity contribution in [2.45, 2.75) is 18.9 Å². The highest BCUT2D eigenvalue weighted by Gasteiger charge is 2.67. The van der Waals surface area contributed by atoms with Crippen LogP contribution in [0.4, 0.5) is 0 Å². The van der Waals surface area contributed by atoms with Gasteiger partial charge in [0.1, 0.15) is 0 Å². The summed E-state index contributed by atoms with van der Waals surface area (Å²) in [5.74, 6) is 0.708. The molecule has 2 bridgehead atoms. The summed E-state index contributed by atoms with van der Waals surface area (Å²) >= 11 is 0. The number of aliphatic hydroxyl groups excluding tert-OH is 1. The first kappa shape index (κ1) is 6.89. The van der Waals surface area contributed by atoms with Crippen LogP contribution in [-0.4, -0.2) is 22.3 Å². The second kappa shape index (κ2) is 1.84. The summed E-state index contributed by atoms with van der Waals surface area (Å²) in [5.41, 5.74) is 0. The van der Waals surface area contributed by atoms with Crippen molar-refractivity contribution in [1.82, 2.24) is 0 Å². The summed E-state index contributed by atoms with van der Waals surface area (Å²) in [6.45, 7) is 0. The SMILES string of the molecule is O=C(O)C1CC2C(O)C1C1CC21. The van der Waals surface area contributed by atoms with E-state index >= 15 is 0 Å². The highest BCUT2D eigenvalue weighted by Crippen LogP contribution is 2.67. The molecule has 0 amide bonds. The van der Waals surface area contributed by atoms with E-state index in [9.17, 15) is 9.90 Å². The van der Waals surface area contributed by atoms with Crippen LogP contribution in [0, 0.1) is 29.6 Å². The second-order valence-electron chi connectivity index (χ2n) is 4.48. The zero-order chi connectivity index (χ0) is 8.46. The summed E-state index contributed by atoms with van der Waals surface area (Å²) in [5, 5.41) is 18.6. The molecule has 3 fully saturated rings. The van der Waals surface area contributed by atoms with Crippen LogP contribution in [0.2, 0.25) is 0 Å². The number of carboxylic acid groups (broad SMARTS) is 1. The fourth-order valence-electron chi connectivity index (χ4n) is 3.53. The average Bonchev–Trinajstić information content (AvgIpc) is 2.69. The van der Waals surface area contributed by atoms with E-state index in [1.54, 1.807) is 0 Å². The Balaban J connectivity index is 1.91. The number of hydrogen-bond acceptors (Lipinski definition) is 2. The van der Waals surface area contributed by atoms with E-state index in [0.29, 0.717) is 17.8 Å². The van der Waals surface area contributed by atoms with Crippen molar-refractivity contribution in [1.29, 1.82) is 0 Å². The standard InChI is InChI=1S/C9H12O3/c10-8-5-2-6(9(11)12)7(8)4-1-3(4)5/h3-8,10H,1-2H2,(H,11,12). The van der Waals surface area contributed by atoms with Gasteiger partial charge < -0.3 is 10.2 Å². The van der Waals surface area contributed by atoms with Crippen molar-refractivity contribution in [2.24, 2.45) is 29.6 Å². The lowest BCUT2D eigenvalue weighted by molar-refractivity contribution is -0.144. The minimum atomic E-state index is -0.702. The number of fused-ring (bicyclic) bond motifs is 5. The van der Waals surface area contributed by atoms with Crippen LogP contribution in [0.3, 0.4) is 0 Å². The molecular formula is C9H12O3. The van der Waals surface area contributed by atoms with Crippen LogP contribution >= 0.6 is 0 Å². The first-order valence-corrected chi connectivity index (χ1v) is 4.61. The van der Waals surface area contributed by atoms with E-state index < -0.39 is 5.97 Å². The minimum Gasteiger partial charge on any atom is -0.481 e. The molecule has 3 heteroatoms. The lowest BCUT2D eigenvalue weighted by Gasteiger charge is -2.16. The lowest BCUT2D eigenvalue weighted by Crippen LogP contribution is -2.25. The molecule has 3 aliphatic carbocycles. The Bertz CT molecular complexity index is 250. The molecule has 0 spiro atoms. The third kappa shape index (κ3) is 0.600. The topological polar surface area (TPSA) is 57.5 Å². The van der Waals surface area contributed by atoms with E-state index in [2.05, 4.69) is 0 Å². The van der Waals surface area contributed by atoms with Gasteiger partial charge in [0.25, 0.3) is 0 Å². The fraction of sp³-hybridized carbons (Fsp3) is 0.889. The molecule has 0 aliphatic heterocycles. The van der Waals surface area contributed by atoms with Gasteiger partial charge in [-0.2, -0.15) is 0 Å². The maximum absolute atomic E-state index is 10.8. The Morgan fingerprint density at radius 2 is 1.92 bits per heavy atom. The molecule has 6 unspecified atom stereocenters. The van der Waals surface area contributed by atoms with Gasteiger partial charge in [0.15, 0.2) is 0 Å². The van der Waals surface area contributed by atoms with Crippen LogP contribution in [0.25, 0.3) is 0 Å². The Kier molecular flexibility index (Phi) is 1.06. The van der Waals surface area contributed by atoms with Crippen molar-refractivity contribution < 1.29 is 15.0 Å². The third-order valence-corrected chi connectivity index (χ3v) is 4.08. The van der Waals surface area contributed by atoms with Gasteiger partial charge in [-0.05, 0) is 30.6 Å². The molecule has 0 radical (unpaired) electrons. The molecule has 66 valence electrons. The summed E-state index contributed by atoms with van der Waals surface area (Å²) < 4.78 is 0. The van der Waals surface area contributed by atoms with Crippen LogP contribution in [0.5, 0.6) is 0 Å². The normalized spacial score (nSPS) is 60.1. The molecule has 3 aliphatic rings. The summed E-state index contributed by atoms with van der Waals surface area (Å²) in [4.78, 5) is 10.8. The Hall–Kier alpha value is -0.570. The van der Waals surface area contributed by atoms with Crippen LogP contribution in [0.1, 0.15) is 12.8 Å². The molecule has 6 atom stereocenters. The van der Waals surface area contributed by atoms with E-state index in [-0.39, 0.29) is 17.9 Å². The van der Waals surface area contributed by atoms with Gasteiger partial charge in [-0.15, -0.1) is 0 Å². The zero-order valence-electron chi connectivity index (χ0n) is 6.68. The first-order chi connectivity index (χ1) is 5.70. The number of aliphatic carboxylic acids is 1. The van der Waals surface area contributed by atoms with E-state index in [0.717, 1.165) is 6.42 Å². The van der Waals surface area contributed by atoms with Crippen LogP contribution in [0.15, 0.2) is 0 Å². The lowest BCUT2D eigenvalue weighted by atomic mass is 9.89. The quantitative estimate of drug-likeness (QED) is 0.593. The number of carbonyl (C=O) groups is 1. The summed E-state index contributed by atoms with van der Waals surface area (Å²) in [7, 11) is 0. The number of aliphatic hydroxyl groups is 1. The highest BCUT2D eigenvalue weighted by molar-refractivity contribution is 5.71. The van der Waals surface area contributed by atoms with Crippen LogP contribution in [-0.2, 0) is 4.79 Å². The van der Waals surface area contributed by atoms with Gasteiger partial charge in [0, 0.05) is 5.92 Å². The van der Waals surface area contributed by atoms with Gasteiger partial charge in [0.2, 0.25) is 0 Å². The number of hydrogen-bond donors (Lipinski definition) is 2. The Labute approximate surface area is 70.4 Å². The summed E-state index contributed by atoms with van der Waals surface area (Å²) in [6.07, 6.45) is 1.60. The molecular weight excluding hydrogens is 156 g/mol. The number of rotatable bonds is 1. The molecule has 0 heterocycles. The summed E-state index contributed by atoms with van der Waals surface area (Å²) in [6, 6.07) is 0. The van der Waals surface area contributed by atoms with Crippen molar-refractivity contribution >= 4 is 5.97 Å². The van der Waals surface area contributed by atoms with E-state index in [1.807, 2.05) is 0 Å². The van der Waals surface area contributed by atoms with E-state index in [1.165, 1.54) is 6.42 Å². The van der Waals surface area contributed by atoms with Crippen LogP contribution < -0.4 is 0 Å².